The summed E-state index contributed by atoms with van der Waals surface area (Å²) in [5.41, 5.74) is 2.92. The van der Waals surface area contributed by atoms with E-state index in [-0.39, 0.29) is 5.91 Å². The molecule has 3 aromatic rings. The van der Waals surface area contributed by atoms with Gasteiger partial charge >= 0.3 is 5.97 Å². The van der Waals surface area contributed by atoms with Gasteiger partial charge in [0.2, 0.25) is 0 Å². The third kappa shape index (κ3) is 4.41. The summed E-state index contributed by atoms with van der Waals surface area (Å²) in [7, 11) is 3.01. The second kappa shape index (κ2) is 8.31. The molecule has 0 saturated heterocycles. The number of methoxy groups -OCH3 is 1. The van der Waals surface area contributed by atoms with Gasteiger partial charge < -0.3 is 10.1 Å². The van der Waals surface area contributed by atoms with E-state index in [1.54, 1.807) is 13.1 Å². The molecule has 0 aliphatic carbocycles. The molecule has 27 heavy (non-hydrogen) atoms. The standard InChI is InChI=1S/C21H21N3O3/c1-24-19(14-17(23-24)16-11-7-4-8-12-16)20(25)22-18(21(26)27-2)13-15-9-5-3-6-10-15/h3-12,14,18H,13H2,1-2H3,(H,22,25)/t18-/m1/s1. The van der Waals surface area contributed by atoms with Crippen LogP contribution in [0.25, 0.3) is 11.3 Å². The Balaban J connectivity index is 1.79. The first kappa shape index (κ1) is 18.4. The number of rotatable bonds is 6. The van der Waals surface area contributed by atoms with Crippen molar-refractivity contribution in [3.8, 4) is 11.3 Å². The Morgan fingerprint density at radius 3 is 2.33 bits per heavy atom. The monoisotopic (exact) mass is 363 g/mol. The van der Waals surface area contributed by atoms with Crippen LogP contribution in [0.1, 0.15) is 16.1 Å². The maximum Gasteiger partial charge on any atom is 0.328 e. The fourth-order valence-corrected chi connectivity index (χ4v) is 2.85. The summed E-state index contributed by atoms with van der Waals surface area (Å²) in [5, 5.41) is 7.16. The van der Waals surface area contributed by atoms with E-state index < -0.39 is 12.0 Å². The Kier molecular flexibility index (Phi) is 5.66. The highest BCUT2D eigenvalue weighted by atomic mass is 16.5. The summed E-state index contributed by atoms with van der Waals surface area (Å²) in [5.74, 6) is -0.865. The number of aryl methyl sites for hydroxylation is 1. The topological polar surface area (TPSA) is 73.2 Å². The van der Waals surface area contributed by atoms with Crippen molar-refractivity contribution in [2.75, 3.05) is 7.11 Å². The maximum atomic E-state index is 12.8. The molecule has 0 bridgehead atoms. The molecule has 3 rings (SSSR count). The fourth-order valence-electron chi connectivity index (χ4n) is 2.85. The van der Waals surface area contributed by atoms with Gasteiger partial charge in [0.05, 0.1) is 12.8 Å². The van der Waals surface area contributed by atoms with E-state index in [0.717, 1.165) is 11.1 Å². The van der Waals surface area contributed by atoms with Crippen molar-refractivity contribution < 1.29 is 14.3 Å². The number of amides is 1. The molecule has 1 N–H and O–H groups in total. The third-order valence-corrected chi connectivity index (χ3v) is 4.26. The van der Waals surface area contributed by atoms with Gasteiger partial charge in [-0.15, -0.1) is 0 Å². The molecule has 0 fully saturated rings. The Morgan fingerprint density at radius 2 is 1.70 bits per heavy atom. The summed E-state index contributed by atoms with van der Waals surface area (Å²) in [6.07, 6.45) is 0.350. The fraction of sp³-hybridized carbons (Fsp3) is 0.190. The quantitative estimate of drug-likeness (QED) is 0.683. The number of carbonyl (C=O) groups is 2. The highest BCUT2D eigenvalue weighted by molar-refractivity contribution is 5.96. The maximum absolute atomic E-state index is 12.8. The van der Waals surface area contributed by atoms with Gasteiger partial charge in [0.15, 0.2) is 0 Å². The number of esters is 1. The first-order chi connectivity index (χ1) is 13.1. The predicted octanol–water partition coefficient (Wildman–Crippen LogP) is 2.60. The zero-order valence-electron chi connectivity index (χ0n) is 15.3. The molecule has 0 aliphatic rings. The third-order valence-electron chi connectivity index (χ3n) is 4.26. The van der Waals surface area contributed by atoms with Crippen LogP contribution in [0.2, 0.25) is 0 Å². The molecular formula is C21H21N3O3. The number of aromatic nitrogens is 2. The second-order valence-electron chi connectivity index (χ2n) is 6.14. The van der Waals surface area contributed by atoms with Crippen molar-refractivity contribution in [2.24, 2.45) is 7.05 Å². The number of ether oxygens (including phenoxy) is 1. The van der Waals surface area contributed by atoms with Crippen LogP contribution in [-0.4, -0.2) is 34.8 Å². The van der Waals surface area contributed by atoms with Gasteiger partial charge in [0.25, 0.3) is 5.91 Å². The van der Waals surface area contributed by atoms with Gasteiger partial charge in [0, 0.05) is 19.0 Å². The van der Waals surface area contributed by atoms with Crippen molar-refractivity contribution >= 4 is 11.9 Å². The van der Waals surface area contributed by atoms with Crippen LogP contribution in [0.3, 0.4) is 0 Å². The van der Waals surface area contributed by atoms with Crippen LogP contribution in [0.15, 0.2) is 66.7 Å². The minimum absolute atomic E-state index is 0.350. The Labute approximate surface area is 157 Å². The lowest BCUT2D eigenvalue weighted by atomic mass is 10.1. The smallest absolute Gasteiger partial charge is 0.328 e. The lowest BCUT2D eigenvalue weighted by Crippen LogP contribution is -2.43. The highest BCUT2D eigenvalue weighted by Gasteiger charge is 2.24. The van der Waals surface area contributed by atoms with E-state index in [9.17, 15) is 9.59 Å². The lowest BCUT2D eigenvalue weighted by Gasteiger charge is -2.16. The van der Waals surface area contributed by atoms with Crippen molar-refractivity contribution in [2.45, 2.75) is 12.5 Å². The number of hydrogen-bond acceptors (Lipinski definition) is 4. The van der Waals surface area contributed by atoms with Gasteiger partial charge in [-0.3, -0.25) is 9.48 Å². The molecule has 0 saturated carbocycles. The minimum atomic E-state index is -0.778. The largest absolute Gasteiger partial charge is 0.467 e. The molecule has 138 valence electrons. The molecule has 0 aliphatic heterocycles. The van der Waals surface area contributed by atoms with Gasteiger partial charge in [-0.2, -0.15) is 5.10 Å². The van der Waals surface area contributed by atoms with Crippen LogP contribution in [0.5, 0.6) is 0 Å². The van der Waals surface area contributed by atoms with Gasteiger partial charge in [-0.1, -0.05) is 60.7 Å². The SMILES string of the molecule is COC(=O)[C@@H](Cc1ccccc1)NC(=O)c1cc(-c2ccccc2)nn1C. The zero-order chi connectivity index (χ0) is 19.2. The number of benzene rings is 2. The summed E-state index contributed by atoms with van der Waals surface area (Å²) in [6, 6.07) is 20.0. The molecule has 0 radical (unpaired) electrons. The first-order valence-corrected chi connectivity index (χ1v) is 8.60. The van der Waals surface area contributed by atoms with Crippen molar-refractivity contribution in [3.05, 3.63) is 78.0 Å². The Bertz CT molecular complexity index is 920. The Hall–Kier alpha value is -3.41. The van der Waals surface area contributed by atoms with Crippen LogP contribution in [-0.2, 0) is 23.0 Å². The van der Waals surface area contributed by atoms with E-state index in [1.165, 1.54) is 11.8 Å². The summed E-state index contributed by atoms with van der Waals surface area (Å²) >= 11 is 0. The Morgan fingerprint density at radius 1 is 1.07 bits per heavy atom. The van der Waals surface area contributed by atoms with Crippen molar-refractivity contribution in [1.29, 1.82) is 0 Å². The molecule has 1 heterocycles. The molecule has 1 atom stereocenters. The van der Waals surface area contributed by atoms with Crippen LogP contribution in [0, 0.1) is 0 Å². The van der Waals surface area contributed by atoms with E-state index in [1.807, 2.05) is 60.7 Å². The number of nitrogens with zero attached hydrogens (tertiary/aromatic N) is 2. The summed E-state index contributed by atoms with van der Waals surface area (Å²) in [4.78, 5) is 24.9. The lowest BCUT2D eigenvalue weighted by molar-refractivity contribution is -0.142. The van der Waals surface area contributed by atoms with Crippen molar-refractivity contribution in [3.63, 3.8) is 0 Å². The number of nitrogens with one attached hydrogen (secondary N) is 1. The minimum Gasteiger partial charge on any atom is -0.467 e. The second-order valence-corrected chi connectivity index (χ2v) is 6.14. The molecule has 0 spiro atoms. The molecular weight excluding hydrogens is 342 g/mol. The normalized spacial score (nSPS) is 11.6. The van der Waals surface area contributed by atoms with Crippen LogP contribution >= 0.6 is 0 Å². The van der Waals surface area contributed by atoms with Crippen molar-refractivity contribution in [1.82, 2.24) is 15.1 Å². The zero-order valence-corrected chi connectivity index (χ0v) is 15.3. The van der Waals surface area contributed by atoms with E-state index in [2.05, 4.69) is 10.4 Å². The average molecular weight is 363 g/mol. The molecule has 1 aromatic heterocycles. The molecule has 6 heteroatoms. The average Bonchev–Trinajstić information content (AvgIpc) is 3.10. The molecule has 2 aromatic carbocycles. The number of carbonyl (C=O) groups excluding carboxylic acids is 2. The number of hydrogen-bond donors (Lipinski definition) is 1. The molecule has 6 nitrogen and oxygen atoms in total. The first-order valence-electron chi connectivity index (χ1n) is 8.60. The van der Waals surface area contributed by atoms with Gasteiger partial charge in [0.1, 0.15) is 11.7 Å². The predicted molar refractivity (Wildman–Crippen MR) is 102 cm³/mol. The van der Waals surface area contributed by atoms with E-state index in [0.29, 0.717) is 17.8 Å². The highest BCUT2D eigenvalue weighted by Crippen LogP contribution is 2.18. The molecule has 0 unspecified atom stereocenters. The van der Waals surface area contributed by atoms with E-state index >= 15 is 0 Å². The van der Waals surface area contributed by atoms with E-state index in [4.69, 9.17) is 4.74 Å². The molecule has 1 amide bonds. The van der Waals surface area contributed by atoms with Crippen LogP contribution in [0.4, 0.5) is 0 Å². The van der Waals surface area contributed by atoms with Gasteiger partial charge in [-0.05, 0) is 11.6 Å². The van der Waals surface area contributed by atoms with Crippen LogP contribution < -0.4 is 5.32 Å². The summed E-state index contributed by atoms with van der Waals surface area (Å²) < 4.78 is 6.36. The van der Waals surface area contributed by atoms with Gasteiger partial charge in [-0.25, -0.2) is 4.79 Å². The summed E-state index contributed by atoms with van der Waals surface area (Å²) in [6.45, 7) is 0.